The highest BCUT2D eigenvalue weighted by atomic mass is 15.3. The fourth-order valence-electron chi connectivity index (χ4n) is 3.25. The first-order valence-corrected chi connectivity index (χ1v) is 8.93. The van der Waals surface area contributed by atoms with Gasteiger partial charge < -0.3 is 10.2 Å². The molecule has 4 heteroatoms. The second-order valence-electron chi connectivity index (χ2n) is 6.76. The van der Waals surface area contributed by atoms with Crippen molar-refractivity contribution in [2.45, 2.75) is 12.6 Å². The van der Waals surface area contributed by atoms with Gasteiger partial charge in [0.15, 0.2) is 0 Å². The standard InChI is InChI=1S/C21H26N4/c1-24-10-12-25(13-11-24)17-21(20-8-3-2-4-9-20)23-16-19-7-5-6-18(14-19)15-22/h2-9,14,21,23H,10-13,16-17H2,1H3. The molecule has 0 aromatic heterocycles. The number of piperazine rings is 1. The van der Waals surface area contributed by atoms with E-state index < -0.39 is 0 Å². The second kappa shape index (κ2) is 8.77. The Labute approximate surface area is 150 Å². The van der Waals surface area contributed by atoms with Gasteiger partial charge in [0.05, 0.1) is 11.6 Å². The maximum Gasteiger partial charge on any atom is 0.0991 e. The number of nitrogens with one attached hydrogen (secondary N) is 1. The zero-order valence-electron chi connectivity index (χ0n) is 14.9. The lowest BCUT2D eigenvalue weighted by atomic mass is 10.0. The molecule has 1 heterocycles. The molecule has 1 N–H and O–H groups in total. The van der Waals surface area contributed by atoms with E-state index in [0.717, 1.165) is 50.4 Å². The zero-order chi connectivity index (χ0) is 17.5. The number of hydrogen-bond donors (Lipinski definition) is 1. The molecular weight excluding hydrogens is 308 g/mol. The molecule has 130 valence electrons. The molecule has 2 aromatic rings. The number of rotatable bonds is 6. The van der Waals surface area contributed by atoms with E-state index in [0.29, 0.717) is 0 Å². The molecule has 4 nitrogen and oxygen atoms in total. The minimum Gasteiger partial charge on any atom is -0.305 e. The topological polar surface area (TPSA) is 42.3 Å². The third-order valence-corrected chi connectivity index (χ3v) is 4.85. The molecule has 3 rings (SSSR count). The first-order valence-electron chi connectivity index (χ1n) is 8.93. The minimum atomic E-state index is 0.287. The summed E-state index contributed by atoms with van der Waals surface area (Å²) >= 11 is 0. The first kappa shape index (κ1) is 17.6. The fourth-order valence-corrected chi connectivity index (χ4v) is 3.25. The maximum absolute atomic E-state index is 9.07. The minimum absolute atomic E-state index is 0.287. The Hall–Kier alpha value is -2.19. The molecule has 1 saturated heterocycles. The molecule has 1 aliphatic heterocycles. The summed E-state index contributed by atoms with van der Waals surface area (Å²) in [4.78, 5) is 4.92. The summed E-state index contributed by atoms with van der Waals surface area (Å²) in [6, 6.07) is 21.0. The molecule has 25 heavy (non-hydrogen) atoms. The van der Waals surface area contributed by atoms with Crippen molar-refractivity contribution in [2.24, 2.45) is 0 Å². The van der Waals surface area contributed by atoms with E-state index in [4.69, 9.17) is 5.26 Å². The Morgan fingerprint density at radius 1 is 1.04 bits per heavy atom. The van der Waals surface area contributed by atoms with Crippen LogP contribution in [0.2, 0.25) is 0 Å². The van der Waals surface area contributed by atoms with Gasteiger partial charge in [0.1, 0.15) is 0 Å². The average Bonchev–Trinajstić information content (AvgIpc) is 2.67. The predicted molar refractivity (Wildman–Crippen MR) is 101 cm³/mol. The molecule has 0 radical (unpaired) electrons. The van der Waals surface area contributed by atoms with Crippen molar-refractivity contribution in [1.82, 2.24) is 15.1 Å². The van der Waals surface area contributed by atoms with Crippen LogP contribution in [0.15, 0.2) is 54.6 Å². The summed E-state index contributed by atoms with van der Waals surface area (Å²) < 4.78 is 0. The molecule has 0 spiro atoms. The van der Waals surface area contributed by atoms with E-state index in [1.807, 2.05) is 18.2 Å². The number of likely N-dealkylation sites (N-methyl/N-ethyl adjacent to an activating group) is 1. The van der Waals surface area contributed by atoms with Gasteiger partial charge in [-0.1, -0.05) is 42.5 Å². The van der Waals surface area contributed by atoms with Crippen LogP contribution in [0, 0.1) is 11.3 Å². The monoisotopic (exact) mass is 334 g/mol. The van der Waals surface area contributed by atoms with E-state index in [2.05, 4.69) is 64.6 Å². The lowest BCUT2D eigenvalue weighted by molar-refractivity contribution is 0.142. The van der Waals surface area contributed by atoms with Crippen LogP contribution in [0.25, 0.3) is 0 Å². The summed E-state index contributed by atoms with van der Waals surface area (Å²) in [6.07, 6.45) is 0. The normalized spacial score (nSPS) is 17.1. The van der Waals surface area contributed by atoms with Crippen LogP contribution in [0.4, 0.5) is 0 Å². The van der Waals surface area contributed by atoms with Crippen molar-refractivity contribution in [3.05, 3.63) is 71.3 Å². The van der Waals surface area contributed by atoms with Crippen LogP contribution in [0.1, 0.15) is 22.7 Å². The Bertz CT molecular complexity index is 699. The largest absolute Gasteiger partial charge is 0.305 e. The van der Waals surface area contributed by atoms with Gasteiger partial charge in [0.25, 0.3) is 0 Å². The van der Waals surface area contributed by atoms with Gasteiger partial charge in [0, 0.05) is 45.3 Å². The van der Waals surface area contributed by atoms with E-state index in [1.54, 1.807) is 0 Å². The molecule has 0 saturated carbocycles. The Morgan fingerprint density at radius 3 is 2.52 bits per heavy atom. The Morgan fingerprint density at radius 2 is 1.80 bits per heavy atom. The van der Waals surface area contributed by atoms with E-state index >= 15 is 0 Å². The maximum atomic E-state index is 9.07. The van der Waals surface area contributed by atoms with Gasteiger partial charge in [-0.25, -0.2) is 0 Å². The first-order chi connectivity index (χ1) is 12.2. The molecule has 1 aliphatic rings. The highest BCUT2D eigenvalue weighted by Gasteiger charge is 2.19. The number of nitrogens with zero attached hydrogens (tertiary/aromatic N) is 3. The molecule has 0 bridgehead atoms. The van der Waals surface area contributed by atoms with Gasteiger partial charge in [-0.2, -0.15) is 5.26 Å². The fraction of sp³-hybridized carbons (Fsp3) is 0.381. The zero-order valence-corrected chi connectivity index (χ0v) is 14.9. The summed E-state index contributed by atoms with van der Waals surface area (Å²) in [5.41, 5.74) is 3.19. The summed E-state index contributed by atoms with van der Waals surface area (Å²) in [7, 11) is 2.19. The number of benzene rings is 2. The molecule has 2 aromatic carbocycles. The Kier molecular flexibility index (Phi) is 6.19. The summed E-state index contributed by atoms with van der Waals surface area (Å²) in [5.74, 6) is 0. The van der Waals surface area contributed by atoms with Crippen LogP contribution >= 0.6 is 0 Å². The molecule has 1 fully saturated rings. The van der Waals surface area contributed by atoms with E-state index in [1.165, 1.54) is 5.56 Å². The smallest absolute Gasteiger partial charge is 0.0991 e. The lowest BCUT2D eigenvalue weighted by Gasteiger charge is -2.35. The van der Waals surface area contributed by atoms with Gasteiger partial charge in [-0.15, -0.1) is 0 Å². The van der Waals surface area contributed by atoms with Crippen molar-refractivity contribution >= 4 is 0 Å². The summed E-state index contributed by atoms with van der Waals surface area (Å²) in [6.45, 7) is 6.27. The van der Waals surface area contributed by atoms with Crippen LogP contribution in [0.3, 0.4) is 0 Å². The highest BCUT2D eigenvalue weighted by Crippen LogP contribution is 2.16. The van der Waals surface area contributed by atoms with E-state index in [-0.39, 0.29) is 6.04 Å². The predicted octanol–water partition coefficient (Wildman–Crippen LogP) is 2.64. The molecule has 0 amide bonds. The number of nitriles is 1. The molecule has 0 aliphatic carbocycles. The van der Waals surface area contributed by atoms with Crippen molar-refractivity contribution < 1.29 is 0 Å². The van der Waals surface area contributed by atoms with Crippen molar-refractivity contribution in [3.63, 3.8) is 0 Å². The van der Waals surface area contributed by atoms with Gasteiger partial charge >= 0.3 is 0 Å². The van der Waals surface area contributed by atoms with Crippen molar-refractivity contribution in [2.75, 3.05) is 39.8 Å². The number of hydrogen-bond acceptors (Lipinski definition) is 4. The Balaban J connectivity index is 1.67. The highest BCUT2D eigenvalue weighted by molar-refractivity contribution is 5.32. The van der Waals surface area contributed by atoms with Gasteiger partial charge in [-0.05, 0) is 30.3 Å². The molecule has 1 unspecified atom stereocenters. The molecule has 1 atom stereocenters. The van der Waals surface area contributed by atoms with Gasteiger partial charge in [-0.3, -0.25) is 4.90 Å². The third kappa shape index (κ3) is 5.14. The third-order valence-electron chi connectivity index (χ3n) is 4.85. The van der Waals surface area contributed by atoms with Crippen molar-refractivity contribution in [3.8, 4) is 6.07 Å². The van der Waals surface area contributed by atoms with Crippen LogP contribution < -0.4 is 5.32 Å². The van der Waals surface area contributed by atoms with Crippen LogP contribution in [-0.4, -0.2) is 49.6 Å². The average molecular weight is 334 g/mol. The van der Waals surface area contributed by atoms with E-state index in [9.17, 15) is 0 Å². The quantitative estimate of drug-likeness (QED) is 0.882. The van der Waals surface area contributed by atoms with Crippen LogP contribution in [-0.2, 0) is 6.54 Å². The van der Waals surface area contributed by atoms with Gasteiger partial charge in [0.2, 0.25) is 0 Å². The lowest BCUT2D eigenvalue weighted by Crippen LogP contribution is -2.47. The van der Waals surface area contributed by atoms with Crippen molar-refractivity contribution in [1.29, 1.82) is 5.26 Å². The molecular formula is C21H26N4. The SMILES string of the molecule is CN1CCN(CC(NCc2cccc(C#N)c2)c2ccccc2)CC1. The van der Waals surface area contributed by atoms with Crippen LogP contribution in [0.5, 0.6) is 0 Å². The second-order valence-corrected chi connectivity index (χ2v) is 6.76. The summed E-state index contributed by atoms with van der Waals surface area (Å²) in [5, 5.41) is 12.8.